The normalized spacial score (nSPS) is 14.6. The summed E-state index contributed by atoms with van der Waals surface area (Å²) >= 11 is 0. The molecule has 0 bridgehead atoms. The molecular weight excluding hydrogens is 466 g/mol. The zero-order chi connectivity index (χ0) is 26.1. The summed E-state index contributed by atoms with van der Waals surface area (Å²) in [4.78, 5) is 28.9. The molecule has 0 saturated heterocycles. The van der Waals surface area contributed by atoms with Crippen molar-refractivity contribution in [3.8, 4) is 11.5 Å². The Morgan fingerprint density at radius 3 is 2.51 bits per heavy atom. The maximum atomic E-state index is 13.8. The summed E-state index contributed by atoms with van der Waals surface area (Å²) in [6.45, 7) is 10.6. The molecule has 188 valence electrons. The maximum absolute atomic E-state index is 13.8. The minimum atomic E-state index is -0.635. The second-order valence-electron chi connectivity index (χ2n) is 9.19. The molecule has 6 heteroatoms. The van der Waals surface area contributed by atoms with Gasteiger partial charge in [0.05, 0.1) is 23.6 Å². The first kappa shape index (κ1) is 24.4. The Labute approximate surface area is 215 Å². The van der Waals surface area contributed by atoms with Crippen LogP contribution in [0.25, 0.3) is 11.0 Å². The number of ether oxygens (including phenoxy) is 2. The van der Waals surface area contributed by atoms with Crippen LogP contribution < -0.4 is 14.9 Å². The molecule has 1 aromatic heterocycles. The van der Waals surface area contributed by atoms with Crippen LogP contribution in [0.1, 0.15) is 51.3 Å². The van der Waals surface area contributed by atoms with Crippen LogP contribution in [0.3, 0.4) is 0 Å². The van der Waals surface area contributed by atoms with Crippen molar-refractivity contribution < 1.29 is 18.7 Å². The Morgan fingerprint density at radius 1 is 1.00 bits per heavy atom. The van der Waals surface area contributed by atoms with Crippen molar-refractivity contribution in [3.63, 3.8) is 0 Å². The Balaban J connectivity index is 1.62. The summed E-state index contributed by atoms with van der Waals surface area (Å²) in [7, 11) is 0. The third-order valence-electron chi connectivity index (χ3n) is 6.56. The predicted molar refractivity (Wildman–Crippen MR) is 143 cm³/mol. The molecular formula is C31H29NO5. The lowest BCUT2D eigenvalue weighted by atomic mass is 9.96. The van der Waals surface area contributed by atoms with Gasteiger partial charge in [-0.25, -0.2) is 0 Å². The molecule has 4 aromatic rings. The molecule has 0 radical (unpaired) electrons. The van der Waals surface area contributed by atoms with E-state index in [1.54, 1.807) is 17.0 Å². The average Bonchev–Trinajstić information content (AvgIpc) is 3.15. The fraction of sp³-hybridized carbons (Fsp3) is 0.226. The molecule has 5 rings (SSSR count). The molecule has 0 fully saturated rings. The molecule has 1 aliphatic heterocycles. The molecule has 0 N–H and O–H groups in total. The molecule has 0 aliphatic carbocycles. The van der Waals surface area contributed by atoms with E-state index in [0.717, 1.165) is 22.3 Å². The molecule has 3 aromatic carbocycles. The lowest BCUT2D eigenvalue weighted by Crippen LogP contribution is -2.29. The van der Waals surface area contributed by atoms with Crippen molar-refractivity contribution in [3.05, 3.63) is 117 Å². The third-order valence-corrected chi connectivity index (χ3v) is 6.56. The number of fused-ring (bicyclic) bond motifs is 2. The van der Waals surface area contributed by atoms with Gasteiger partial charge in [0.25, 0.3) is 5.91 Å². The first-order valence-electron chi connectivity index (χ1n) is 12.4. The third kappa shape index (κ3) is 4.40. The first-order valence-corrected chi connectivity index (χ1v) is 12.4. The smallest absolute Gasteiger partial charge is 0.291 e. The zero-order valence-electron chi connectivity index (χ0n) is 21.2. The minimum Gasteiger partial charge on any atom is -0.490 e. The average molecular weight is 496 g/mol. The quantitative estimate of drug-likeness (QED) is 0.276. The van der Waals surface area contributed by atoms with E-state index in [1.807, 2.05) is 75.4 Å². The highest BCUT2D eigenvalue weighted by atomic mass is 16.5. The summed E-state index contributed by atoms with van der Waals surface area (Å²) in [6.07, 6.45) is 1.65. The van der Waals surface area contributed by atoms with Gasteiger partial charge < -0.3 is 18.8 Å². The van der Waals surface area contributed by atoms with Gasteiger partial charge in [-0.3, -0.25) is 9.59 Å². The lowest BCUT2D eigenvalue weighted by Gasteiger charge is -2.24. The van der Waals surface area contributed by atoms with Gasteiger partial charge >= 0.3 is 0 Å². The summed E-state index contributed by atoms with van der Waals surface area (Å²) in [5.74, 6) is 0.885. The van der Waals surface area contributed by atoms with E-state index in [9.17, 15) is 9.59 Å². The SMILES string of the molecule is C=CCN1C(=O)c2oc3cc(C)cc(C)c3c(=O)c2C1c1ccc(OCc2ccccc2)c(OCC)c1. The highest BCUT2D eigenvalue weighted by Gasteiger charge is 2.42. The van der Waals surface area contributed by atoms with Crippen molar-refractivity contribution in [1.29, 1.82) is 0 Å². The monoisotopic (exact) mass is 495 g/mol. The molecule has 2 heterocycles. The van der Waals surface area contributed by atoms with Gasteiger partial charge in [-0.15, -0.1) is 6.58 Å². The number of aryl methyl sites for hydroxylation is 2. The van der Waals surface area contributed by atoms with Crippen molar-refractivity contribution in [1.82, 2.24) is 4.90 Å². The maximum Gasteiger partial charge on any atom is 0.291 e. The topological polar surface area (TPSA) is 69.0 Å². The van der Waals surface area contributed by atoms with Crippen molar-refractivity contribution in [2.75, 3.05) is 13.2 Å². The summed E-state index contributed by atoms with van der Waals surface area (Å²) < 4.78 is 18.1. The van der Waals surface area contributed by atoms with Crippen molar-refractivity contribution >= 4 is 16.9 Å². The number of hydrogen-bond acceptors (Lipinski definition) is 5. The van der Waals surface area contributed by atoms with Gasteiger partial charge in [0.1, 0.15) is 12.2 Å². The van der Waals surface area contributed by atoms with Gasteiger partial charge in [-0.05, 0) is 61.2 Å². The zero-order valence-corrected chi connectivity index (χ0v) is 21.2. The second-order valence-corrected chi connectivity index (χ2v) is 9.19. The lowest BCUT2D eigenvalue weighted by molar-refractivity contribution is 0.0748. The Hall–Kier alpha value is -4.32. The van der Waals surface area contributed by atoms with Gasteiger partial charge in [-0.1, -0.05) is 48.5 Å². The fourth-order valence-corrected chi connectivity index (χ4v) is 5.01. The number of benzene rings is 3. The van der Waals surface area contributed by atoms with E-state index in [4.69, 9.17) is 13.9 Å². The van der Waals surface area contributed by atoms with Crippen molar-refractivity contribution in [2.45, 2.75) is 33.4 Å². The van der Waals surface area contributed by atoms with Gasteiger partial charge in [0.15, 0.2) is 16.9 Å². The van der Waals surface area contributed by atoms with Crippen molar-refractivity contribution in [2.24, 2.45) is 0 Å². The largest absolute Gasteiger partial charge is 0.490 e. The van der Waals surface area contributed by atoms with Crippen LogP contribution in [0.2, 0.25) is 0 Å². The summed E-state index contributed by atoms with van der Waals surface area (Å²) in [5.41, 5.74) is 4.13. The van der Waals surface area contributed by atoms with Crippen LogP contribution in [-0.2, 0) is 6.61 Å². The molecule has 37 heavy (non-hydrogen) atoms. The van der Waals surface area contributed by atoms with Crippen LogP contribution in [-0.4, -0.2) is 24.0 Å². The number of amides is 1. The minimum absolute atomic E-state index is 0.0803. The van der Waals surface area contributed by atoms with Crippen LogP contribution in [0.4, 0.5) is 0 Å². The van der Waals surface area contributed by atoms with Crippen LogP contribution in [0.5, 0.6) is 11.5 Å². The van der Waals surface area contributed by atoms with E-state index < -0.39 is 6.04 Å². The number of carbonyl (C=O) groups excluding carboxylic acids is 1. The second kappa shape index (κ2) is 9.97. The van der Waals surface area contributed by atoms with E-state index in [1.165, 1.54) is 0 Å². The van der Waals surface area contributed by atoms with Gasteiger partial charge in [-0.2, -0.15) is 0 Å². The number of rotatable bonds is 8. The highest BCUT2D eigenvalue weighted by Crippen LogP contribution is 2.41. The molecule has 1 unspecified atom stereocenters. The van der Waals surface area contributed by atoms with Gasteiger partial charge in [0.2, 0.25) is 5.76 Å². The molecule has 0 spiro atoms. The summed E-state index contributed by atoms with van der Waals surface area (Å²) in [6, 6.07) is 18.5. The van der Waals surface area contributed by atoms with Crippen LogP contribution in [0, 0.1) is 13.8 Å². The fourth-order valence-electron chi connectivity index (χ4n) is 5.01. The first-order chi connectivity index (χ1) is 17.9. The molecule has 6 nitrogen and oxygen atoms in total. The Morgan fingerprint density at radius 2 is 1.78 bits per heavy atom. The Bertz CT molecular complexity index is 1550. The number of carbonyl (C=O) groups is 1. The molecule has 1 atom stereocenters. The van der Waals surface area contributed by atoms with E-state index in [-0.39, 0.29) is 23.6 Å². The van der Waals surface area contributed by atoms with E-state index in [2.05, 4.69) is 6.58 Å². The number of hydrogen-bond donors (Lipinski definition) is 0. The molecule has 0 saturated carbocycles. The standard InChI is InChI=1S/C31H29NO5/c1-5-14-32-28(27-29(33)26-20(4)15-19(3)16-25(26)37-30(27)31(32)34)22-12-13-23(24(17-22)35-6-2)36-18-21-10-8-7-9-11-21/h5,7-13,15-17,28H,1,6,14,18H2,2-4H3. The highest BCUT2D eigenvalue weighted by molar-refractivity contribution is 5.99. The predicted octanol–water partition coefficient (Wildman–Crippen LogP) is 6.12. The number of nitrogens with zero attached hydrogens (tertiary/aromatic N) is 1. The van der Waals surface area contributed by atoms with Crippen LogP contribution in [0.15, 0.2) is 82.5 Å². The van der Waals surface area contributed by atoms with Crippen LogP contribution >= 0.6 is 0 Å². The van der Waals surface area contributed by atoms with E-state index in [0.29, 0.717) is 41.2 Å². The molecule has 1 amide bonds. The van der Waals surface area contributed by atoms with E-state index >= 15 is 0 Å². The Kier molecular flexibility index (Phi) is 6.57. The molecule has 1 aliphatic rings. The summed E-state index contributed by atoms with van der Waals surface area (Å²) in [5, 5.41) is 0.496. The van der Waals surface area contributed by atoms with Gasteiger partial charge in [0, 0.05) is 6.54 Å².